The van der Waals surface area contributed by atoms with E-state index in [2.05, 4.69) is 29.7 Å². The number of aryl methyl sites for hydroxylation is 2. The molecule has 2 heterocycles. The summed E-state index contributed by atoms with van der Waals surface area (Å²) in [5.74, 6) is -1.76. The Labute approximate surface area is 310 Å². The number of amides is 4. The standard InChI is InChI=1S/C40H49N4O8P/c1-4-6-27-9-11-28(12-10-27)23-52-26(3)33(19-20-36(41)45)43-39(47)35-22-32-8-5-7-31-17-18-34(40(48)44(35)38(31)32)42-37(46)21-25(2)30-15-13-29(14-16-30)24-53(49,50)51/h5,7-16,21,26,33-35H,4,6,17-20,22-24H2,1-3H3,(H2,41,45)(H,42,46)(H,43,47)(H2,49,50,51)/b25-21+/t26-,33+,34+,35+/m1/s1. The van der Waals surface area contributed by atoms with Crippen LogP contribution in [0.3, 0.4) is 0 Å². The van der Waals surface area contributed by atoms with E-state index in [0.717, 1.165) is 29.5 Å². The molecule has 0 unspecified atom stereocenters. The average Bonchev–Trinajstić information content (AvgIpc) is 3.45. The lowest BCUT2D eigenvalue weighted by Gasteiger charge is -2.31. The number of primary amides is 1. The first-order chi connectivity index (χ1) is 25.2. The maximum atomic E-state index is 14.3. The molecule has 0 fully saturated rings. The molecule has 0 bridgehead atoms. The van der Waals surface area contributed by atoms with Crippen LogP contribution in [0.5, 0.6) is 0 Å². The number of allylic oxidation sites excluding steroid dienone is 1. The van der Waals surface area contributed by atoms with Crippen LogP contribution in [-0.2, 0) is 60.5 Å². The Balaban J connectivity index is 1.29. The third-order valence-corrected chi connectivity index (χ3v) is 10.6. The highest BCUT2D eigenvalue weighted by Crippen LogP contribution is 2.40. The number of carbonyl (C=O) groups excluding carboxylic acids is 4. The van der Waals surface area contributed by atoms with E-state index in [1.54, 1.807) is 31.2 Å². The molecule has 5 rings (SSSR count). The molecule has 3 aromatic carbocycles. The lowest BCUT2D eigenvalue weighted by molar-refractivity contribution is -0.129. The Hall–Kier alpha value is -4.61. The minimum absolute atomic E-state index is 0.0423. The summed E-state index contributed by atoms with van der Waals surface area (Å²) >= 11 is 0. The van der Waals surface area contributed by atoms with Gasteiger partial charge in [0.25, 0.3) is 0 Å². The third-order valence-electron chi connectivity index (χ3n) is 9.84. The van der Waals surface area contributed by atoms with Gasteiger partial charge in [-0.05, 0) is 78.5 Å². The van der Waals surface area contributed by atoms with Crippen LogP contribution in [0.1, 0.15) is 79.8 Å². The molecule has 0 saturated heterocycles. The van der Waals surface area contributed by atoms with Crippen molar-refractivity contribution in [2.45, 2.75) is 103 Å². The molecule has 2 aliphatic rings. The molecule has 0 aromatic heterocycles. The van der Waals surface area contributed by atoms with Gasteiger partial charge in [-0.1, -0.05) is 80.1 Å². The zero-order chi connectivity index (χ0) is 38.3. The van der Waals surface area contributed by atoms with E-state index in [9.17, 15) is 33.5 Å². The number of benzene rings is 3. The summed E-state index contributed by atoms with van der Waals surface area (Å²) < 4.78 is 17.5. The van der Waals surface area contributed by atoms with Gasteiger partial charge in [-0.3, -0.25) is 28.6 Å². The minimum atomic E-state index is -4.21. The molecular weight excluding hydrogens is 695 g/mol. The largest absolute Gasteiger partial charge is 0.372 e. The van der Waals surface area contributed by atoms with Crippen molar-refractivity contribution in [2.75, 3.05) is 4.90 Å². The first kappa shape index (κ1) is 39.6. The molecule has 6 N–H and O–H groups in total. The van der Waals surface area contributed by atoms with Crippen LogP contribution in [0.4, 0.5) is 5.69 Å². The molecule has 13 heteroatoms. The fourth-order valence-corrected chi connectivity index (χ4v) is 7.70. The fourth-order valence-electron chi connectivity index (χ4n) is 7.01. The first-order valence-corrected chi connectivity index (χ1v) is 19.9. The van der Waals surface area contributed by atoms with E-state index in [4.69, 9.17) is 10.5 Å². The van der Waals surface area contributed by atoms with E-state index in [-0.39, 0.29) is 30.8 Å². The van der Waals surface area contributed by atoms with Crippen molar-refractivity contribution in [1.29, 1.82) is 0 Å². The zero-order valence-corrected chi connectivity index (χ0v) is 31.3. The predicted octanol–water partition coefficient (Wildman–Crippen LogP) is 4.46. The van der Waals surface area contributed by atoms with Crippen molar-refractivity contribution >= 4 is 42.5 Å². The number of hydrogen-bond donors (Lipinski definition) is 5. The molecule has 0 radical (unpaired) electrons. The smallest absolute Gasteiger partial charge is 0.329 e. The topological polar surface area (TPSA) is 188 Å². The Bertz CT molecular complexity index is 1890. The molecular formula is C40H49N4O8P. The summed E-state index contributed by atoms with van der Waals surface area (Å²) in [6, 6.07) is 18.2. The number of carbonyl (C=O) groups is 4. The van der Waals surface area contributed by atoms with Crippen LogP contribution < -0.4 is 21.3 Å². The van der Waals surface area contributed by atoms with Crippen molar-refractivity contribution in [1.82, 2.24) is 10.6 Å². The highest BCUT2D eigenvalue weighted by Gasteiger charge is 2.44. The van der Waals surface area contributed by atoms with E-state index in [1.807, 2.05) is 37.3 Å². The maximum absolute atomic E-state index is 14.3. The molecule has 0 saturated carbocycles. The Morgan fingerprint density at radius 1 is 1.02 bits per heavy atom. The van der Waals surface area contributed by atoms with Gasteiger partial charge in [0.1, 0.15) is 12.1 Å². The molecule has 0 aliphatic carbocycles. The van der Waals surface area contributed by atoms with Crippen molar-refractivity contribution in [3.63, 3.8) is 0 Å². The molecule has 12 nitrogen and oxygen atoms in total. The number of hydrogen-bond acceptors (Lipinski definition) is 6. The number of para-hydroxylation sites is 1. The quantitative estimate of drug-likeness (QED) is 0.105. The second-order valence-corrected chi connectivity index (χ2v) is 15.6. The molecule has 4 amide bonds. The lowest BCUT2D eigenvalue weighted by Crippen LogP contribution is -2.56. The van der Waals surface area contributed by atoms with Crippen LogP contribution in [0.25, 0.3) is 5.57 Å². The van der Waals surface area contributed by atoms with Crippen molar-refractivity contribution in [3.05, 3.63) is 106 Å². The van der Waals surface area contributed by atoms with Gasteiger partial charge in [0.2, 0.25) is 23.6 Å². The summed E-state index contributed by atoms with van der Waals surface area (Å²) in [6.07, 6.45) is 4.02. The molecule has 2 aliphatic heterocycles. The van der Waals surface area contributed by atoms with Crippen molar-refractivity contribution < 1.29 is 38.3 Å². The number of rotatable bonds is 16. The number of nitrogens with two attached hydrogens (primary N) is 1. The van der Waals surface area contributed by atoms with Crippen molar-refractivity contribution in [3.8, 4) is 0 Å². The van der Waals surface area contributed by atoms with Gasteiger partial charge < -0.3 is 30.9 Å². The zero-order valence-electron chi connectivity index (χ0n) is 30.4. The maximum Gasteiger partial charge on any atom is 0.329 e. The number of nitrogens with zero attached hydrogens (tertiary/aromatic N) is 1. The molecule has 3 aromatic rings. The van der Waals surface area contributed by atoms with Gasteiger partial charge in [0, 0.05) is 18.9 Å². The average molecular weight is 745 g/mol. The Kier molecular flexibility index (Phi) is 13.1. The van der Waals surface area contributed by atoms with Crippen LogP contribution in [0.15, 0.2) is 72.8 Å². The van der Waals surface area contributed by atoms with Crippen LogP contribution in [-0.4, -0.2) is 57.6 Å². The Morgan fingerprint density at radius 3 is 2.34 bits per heavy atom. The summed E-state index contributed by atoms with van der Waals surface area (Å²) in [6.45, 7) is 6.02. The molecule has 4 atom stereocenters. The molecule has 53 heavy (non-hydrogen) atoms. The number of ether oxygens (including phenoxy) is 1. The van der Waals surface area contributed by atoms with Crippen LogP contribution in [0.2, 0.25) is 0 Å². The monoisotopic (exact) mass is 744 g/mol. The normalized spacial score (nSPS) is 18.2. The Morgan fingerprint density at radius 2 is 1.68 bits per heavy atom. The van der Waals surface area contributed by atoms with E-state index >= 15 is 0 Å². The minimum Gasteiger partial charge on any atom is -0.372 e. The number of nitrogens with one attached hydrogen (secondary N) is 2. The highest BCUT2D eigenvalue weighted by molar-refractivity contribution is 7.50. The molecule has 282 valence electrons. The second-order valence-electron chi connectivity index (χ2n) is 14.0. The van der Waals surface area contributed by atoms with E-state index in [1.165, 1.54) is 16.5 Å². The second kappa shape index (κ2) is 17.5. The van der Waals surface area contributed by atoms with Crippen LogP contribution in [0, 0.1) is 0 Å². The number of anilines is 1. The van der Waals surface area contributed by atoms with E-state index in [0.29, 0.717) is 48.3 Å². The van der Waals surface area contributed by atoms with E-state index < -0.39 is 43.6 Å². The summed E-state index contributed by atoms with van der Waals surface area (Å²) in [5, 5.41) is 5.93. The van der Waals surface area contributed by atoms with Gasteiger partial charge in [-0.2, -0.15) is 0 Å². The fraction of sp³-hybridized carbons (Fsp3) is 0.400. The third kappa shape index (κ3) is 10.5. The van der Waals surface area contributed by atoms with Gasteiger partial charge in [0.05, 0.1) is 30.6 Å². The SMILES string of the molecule is CCCc1ccc(CO[C@H](C)[C@H](CCC(N)=O)NC(=O)[C@@H]2Cc3cccc4c3N2C(=O)[C@@H](NC(=O)/C=C(\C)c2ccc(CP(=O)(O)O)cc2)CC4)cc1. The van der Waals surface area contributed by atoms with Gasteiger partial charge in [-0.25, -0.2) is 0 Å². The lowest BCUT2D eigenvalue weighted by atomic mass is 10.0. The summed E-state index contributed by atoms with van der Waals surface area (Å²) in [5.41, 5.74) is 12.0. The van der Waals surface area contributed by atoms with Gasteiger partial charge >= 0.3 is 7.60 Å². The van der Waals surface area contributed by atoms with Crippen LogP contribution >= 0.6 is 7.60 Å². The summed E-state index contributed by atoms with van der Waals surface area (Å²) in [7, 11) is -4.21. The highest BCUT2D eigenvalue weighted by atomic mass is 31.2. The van der Waals surface area contributed by atoms with Gasteiger partial charge in [0.15, 0.2) is 0 Å². The molecule has 0 spiro atoms. The van der Waals surface area contributed by atoms with Gasteiger partial charge in [-0.15, -0.1) is 0 Å². The van der Waals surface area contributed by atoms with Crippen molar-refractivity contribution in [2.24, 2.45) is 5.73 Å². The first-order valence-electron chi connectivity index (χ1n) is 18.1. The predicted molar refractivity (Wildman–Crippen MR) is 203 cm³/mol. The summed E-state index contributed by atoms with van der Waals surface area (Å²) in [4.78, 5) is 73.5.